The van der Waals surface area contributed by atoms with E-state index in [4.69, 9.17) is 5.11 Å². The van der Waals surface area contributed by atoms with E-state index in [1.807, 2.05) is 19.9 Å². The molecule has 1 fully saturated rings. The van der Waals surface area contributed by atoms with Crippen LogP contribution in [0.1, 0.15) is 37.8 Å². The van der Waals surface area contributed by atoms with Gasteiger partial charge in [-0.15, -0.1) is 0 Å². The maximum atomic E-state index is 10.00. The molecule has 1 aromatic rings. The van der Waals surface area contributed by atoms with E-state index in [1.54, 1.807) is 6.07 Å². The van der Waals surface area contributed by atoms with Crippen LogP contribution in [0.4, 0.5) is 0 Å². The van der Waals surface area contributed by atoms with Crippen molar-refractivity contribution in [2.24, 2.45) is 5.92 Å². The number of hydrogen-bond acceptors (Lipinski definition) is 4. The molecular formula is C17H27NO3. The Morgan fingerprint density at radius 1 is 1.19 bits per heavy atom. The highest BCUT2D eigenvalue weighted by Crippen LogP contribution is 2.41. The standard InChI is InChI=1S/C15H21NO3.C2H6/c17-7-6-16-5-1-2-11-8-12-10(9-13(11)16)3-4-14(18)15(12)19;1-2/h3-4,11,13,17-19H,1-2,5-9H2;1-2H3/t11-,13?;/m1./s1. The van der Waals surface area contributed by atoms with Gasteiger partial charge in [0.15, 0.2) is 11.5 Å². The lowest BCUT2D eigenvalue weighted by molar-refractivity contribution is 0.0672. The smallest absolute Gasteiger partial charge is 0.160 e. The molecule has 3 rings (SSSR count). The first-order valence-electron chi connectivity index (χ1n) is 8.08. The Labute approximate surface area is 127 Å². The molecule has 0 bridgehead atoms. The van der Waals surface area contributed by atoms with E-state index in [0.29, 0.717) is 12.0 Å². The number of aromatic hydroxyl groups is 2. The molecule has 1 heterocycles. The molecule has 2 atom stereocenters. The Morgan fingerprint density at radius 3 is 2.67 bits per heavy atom. The summed E-state index contributed by atoms with van der Waals surface area (Å²) in [7, 11) is 0. The van der Waals surface area contributed by atoms with Crippen LogP contribution in [0.25, 0.3) is 0 Å². The highest BCUT2D eigenvalue weighted by Gasteiger charge is 2.36. The number of β-amino-alcohol motifs (C(OH)–C–C–N with tert-alkyl or cyclic N) is 1. The molecule has 0 radical (unpaired) electrons. The number of aliphatic hydroxyl groups is 1. The number of phenols is 2. The minimum absolute atomic E-state index is 0.0137. The largest absolute Gasteiger partial charge is 0.504 e. The summed E-state index contributed by atoms with van der Waals surface area (Å²) in [6, 6.07) is 3.97. The Kier molecular flexibility index (Phi) is 5.48. The third-order valence-corrected chi connectivity index (χ3v) is 4.67. The van der Waals surface area contributed by atoms with Gasteiger partial charge in [-0.3, -0.25) is 4.90 Å². The van der Waals surface area contributed by atoms with Gasteiger partial charge in [0.2, 0.25) is 0 Å². The van der Waals surface area contributed by atoms with Crippen LogP contribution in [0, 0.1) is 5.92 Å². The van der Waals surface area contributed by atoms with E-state index in [9.17, 15) is 10.2 Å². The van der Waals surface area contributed by atoms with Crippen molar-refractivity contribution in [3.05, 3.63) is 23.3 Å². The minimum atomic E-state index is -0.0137. The summed E-state index contributed by atoms with van der Waals surface area (Å²) in [4.78, 5) is 2.38. The van der Waals surface area contributed by atoms with Crippen LogP contribution in [0.15, 0.2) is 12.1 Å². The molecule has 1 aliphatic carbocycles. The van der Waals surface area contributed by atoms with Gasteiger partial charge in [-0.2, -0.15) is 0 Å². The van der Waals surface area contributed by atoms with E-state index >= 15 is 0 Å². The molecular weight excluding hydrogens is 266 g/mol. The molecule has 0 spiro atoms. The van der Waals surface area contributed by atoms with Gasteiger partial charge >= 0.3 is 0 Å². The van der Waals surface area contributed by atoms with Crippen molar-refractivity contribution in [3.63, 3.8) is 0 Å². The minimum Gasteiger partial charge on any atom is -0.504 e. The van der Waals surface area contributed by atoms with Crippen LogP contribution in [0.2, 0.25) is 0 Å². The van der Waals surface area contributed by atoms with Crippen molar-refractivity contribution in [2.75, 3.05) is 19.7 Å². The summed E-state index contributed by atoms with van der Waals surface area (Å²) in [5, 5.41) is 28.8. The lowest BCUT2D eigenvalue weighted by atomic mass is 9.75. The molecule has 1 aliphatic heterocycles. The number of aliphatic hydroxyl groups excluding tert-OH is 1. The molecule has 4 nitrogen and oxygen atoms in total. The molecule has 21 heavy (non-hydrogen) atoms. The average molecular weight is 293 g/mol. The molecule has 1 aromatic carbocycles. The number of likely N-dealkylation sites (tertiary alicyclic amines) is 1. The molecule has 118 valence electrons. The second kappa shape index (κ2) is 7.14. The topological polar surface area (TPSA) is 63.9 Å². The molecule has 1 saturated heterocycles. The van der Waals surface area contributed by atoms with Crippen molar-refractivity contribution in [1.29, 1.82) is 0 Å². The zero-order valence-corrected chi connectivity index (χ0v) is 13.0. The van der Waals surface area contributed by atoms with Gasteiger partial charge in [0.05, 0.1) is 6.61 Å². The second-order valence-electron chi connectivity index (χ2n) is 5.71. The SMILES string of the molecule is CC.OCCN1CCC[C@@H]2Cc3c(ccc(O)c3O)CC21. The molecule has 1 unspecified atom stereocenters. The fraction of sp³-hybridized carbons (Fsp3) is 0.647. The quantitative estimate of drug-likeness (QED) is 0.732. The van der Waals surface area contributed by atoms with Crippen LogP contribution in [-0.2, 0) is 12.8 Å². The van der Waals surface area contributed by atoms with Gasteiger partial charge in [-0.05, 0) is 49.8 Å². The van der Waals surface area contributed by atoms with Crippen molar-refractivity contribution < 1.29 is 15.3 Å². The summed E-state index contributed by atoms with van der Waals surface area (Å²) in [5.41, 5.74) is 2.06. The van der Waals surface area contributed by atoms with Crippen molar-refractivity contribution in [2.45, 2.75) is 45.6 Å². The normalized spacial score (nSPS) is 24.5. The van der Waals surface area contributed by atoms with E-state index in [1.165, 1.54) is 6.42 Å². The molecule has 3 N–H and O–H groups in total. The predicted molar refractivity (Wildman–Crippen MR) is 83.7 cm³/mol. The van der Waals surface area contributed by atoms with E-state index in [-0.39, 0.29) is 18.1 Å². The molecule has 4 heteroatoms. The number of benzene rings is 1. The van der Waals surface area contributed by atoms with E-state index < -0.39 is 0 Å². The Hall–Kier alpha value is -1.26. The zero-order chi connectivity index (χ0) is 15.4. The Bertz CT molecular complexity index is 473. The number of phenolic OH excluding ortho intramolecular Hbond substituents is 2. The second-order valence-corrected chi connectivity index (χ2v) is 5.71. The van der Waals surface area contributed by atoms with Crippen molar-refractivity contribution in [3.8, 4) is 11.5 Å². The fourth-order valence-electron chi connectivity index (χ4n) is 3.73. The maximum absolute atomic E-state index is 10.00. The highest BCUT2D eigenvalue weighted by atomic mass is 16.3. The van der Waals surface area contributed by atoms with Gasteiger partial charge in [-0.1, -0.05) is 19.9 Å². The third-order valence-electron chi connectivity index (χ3n) is 4.67. The zero-order valence-electron chi connectivity index (χ0n) is 13.0. The number of nitrogens with zero attached hydrogens (tertiary/aromatic N) is 1. The van der Waals surface area contributed by atoms with Crippen LogP contribution in [0.5, 0.6) is 11.5 Å². The van der Waals surface area contributed by atoms with Gasteiger partial charge in [-0.25, -0.2) is 0 Å². The molecule has 0 saturated carbocycles. The molecule has 0 amide bonds. The van der Waals surface area contributed by atoms with Gasteiger partial charge in [0.25, 0.3) is 0 Å². The van der Waals surface area contributed by atoms with Crippen LogP contribution < -0.4 is 0 Å². The predicted octanol–water partition coefficient (Wildman–Crippen LogP) is 2.30. The van der Waals surface area contributed by atoms with Crippen molar-refractivity contribution >= 4 is 0 Å². The third kappa shape index (κ3) is 3.16. The van der Waals surface area contributed by atoms with Gasteiger partial charge in [0.1, 0.15) is 0 Å². The average Bonchev–Trinajstić information content (AvgIpc) is 2.52. The first-order valence-corrected chi connectivity index (χ1v) is 8.08. The maximum Gasteiger partial charge on any atom is 0.160 e. The highest BCUT2D eigenvalue weighted by molar-refractivity contribution is 5.50. The van der Waals surface area contributed by atoms with E-state index in [2.05, 4.69) is 4.90 Å². The van der Waals surface area contributed by atoms with Gasteiger partial charge in [0, 0.05) is 18.2 Å². The van der Waals surface area contributed by atoms with E-state index in [0.717, 1.165) is 43.5 Å². The van der Waals surface area contributed by atoms with Crippen LogP contribution in [0.3, 0.4) is 0 Å². The summed E-state index contributed by atoms with van der Waals surface area (Å²) in [6.45, 7) is 6.00. The lowest BCUT2D eigenvalue weighted by Crippen LogP contribution is -2.50. The number of fused-ring (bicyclic) bond motifs is 2. The number of rotatable bonds is 2. The van der Waals surface area contributed by atoms with Crippen LogP contribution in [-0.4, -0.2) is 46.0 Å². The monoisotopic (exact) mass is 293 g/mol. The first-order chi connectivity index (χ1) is 10.2. The van der Waals surface area contributed by atoms with Crippen molar-refractivity contribution in [1.82, 2.24) is 4.90 Å². The Morgan fingerprint density at radius 2 is 1.95 bits per heavy atom. The van der Waals surface area contributed by atoms with Gasteiger partial charge < -0.3 is 15.3 Å². The lowest BCUT2D eigenvalue weighted by Gasteiger charge is -2.44. The molecule has 0 aromatic heterocycles. The number of piperidine rings is 1. The Balaban J connectivity index is 0.000000774. The number of hydrogen-bond donors (Lipinski definition) is 3. The summed E-state index contributed by atoms with van der Waals surface area (Å²) < 4.78 is 0. The fourth-order valence-corrected chi connectivity index (χ4v) is 3.73. The van der Waals surface area contributed by atoms with Crippen LogP contribution >= 0.6 is 0 Å². The first kappa shape index (κ1) is 16.1. The molecule has 2 aliphatic rings. The summed E-state index contributed by atoms with van der Waals surface area (Å²) in [5.74, 6) is 0.580. The summed E-state index contributed by atoms with van der Waals surface area (Å²) >= 11 is 0. The summed E-state index contributed by atoms with van der Waals surface area (Å²) in [6.07, 6.45) is 4.06.